The van der Waals surface area contributed by atoms with Gasteiger partial charge in [0, 0.05) is 6.54 Å². The Morgan fingerprint density at radius 1 is 1.35 bits per heavy atom. The van der Waals surface area contributed by atoms with E-state index in [0.29, 0.717) is 16.6 Å². The van der Waals surface area contributed by atoms with Gasteiger partial charge in [-0.1, -0.05) is 43.1 Å². The number of rotatable bonds is 4. The quantitative estimate of drug-likeness (QED) is 0.887. The summed E-state index contributed by atoms with van der Waals surface area (Å²) in [6.45, 7) is 4.21. The van der Waals surface area contributed by atoms with E-state index in [-0.39, 0.29) is 11.8 Å². The van der Waals surface area contributed by atoms with Crippen LogP contribution < -0.4 is 11.1 Å². The maximum atomic E-state index is 11.6. The lowest BCUT2D eigenvalue weighted by atomic mass is 10.0. The van der Waals surface area contributed by atoms with Crippen LogP contribution in [0.5, 0.6) is 0 Å². The number of nitrogens with one attached hydrogen (secondary N) is 1. The van der Waals surface area contributed by atoms with Gasteiger partial charge in [0.25, 0.3) is 0 Å². The van der Waals surface area contributed by atoms with Crippen molar-refractivity contribution in [3.63, 3.8) is 0 Å². The van der Waals surface area contributed by atoms with Crippen LogP contribution in [-0.4, -0.2) is 11.9 Å². The van der Waals surface area contributed by atoms with Crippen molar-refractivity contribution in [1.82, 2.24) is 5.32 Å². The number of amides is 1. The monoisotopic (exact) mass is 274 g/mol. The minimum absolute atomic E-state index is 0.115. The molecule has 0 fully saturated rings. The molecule has 0 heterocycles. The number of nitrogens with two attached hydrogens (primary N) is 1. The van der Waals surface area contributed by atoms with Crippen LogP contribution in [0.25, 0.3) is 0 Å². The first-order valence-corrected chi connectivity index (χ1v) is 6.14. The van der Waals surface area contributed by atoms with Crippen LogP contribution >= 0.6 is 23.2 Å². The fourth-order valence-corrected chi connectivity index (χ4v) is 1.58. The third-order valence-electron chi connectivity index (χ3n) is 2.47. The Kier molecular flexibility index (Phi) is 5.25. The molecule has 1 atom stereocenters. The van der Waals surface area contributed by atoms with Crippen LogP contribution in [0, 0.1) is 5.92 Å². The molecule has 94 valence electrons. The van der Waals surface area contributed by atoms with Gasteiger partial charge in [-0.05, 0) is 23.6 Å². The molecule has 0 bridgehead atoms. The molecule has 0 spiro atoms. The molecule has 1 amide bonds. The largest absolute Gasteiger partial charge is 0.351 e. The first-order chi connectivity index (χ1) is 7.91. The molecular weight excluding hydrogens is 259 g/mol. The van der Waals surface area contributed by atoms with Crippen LogP contribution in [0.1, 0.15) is 19.4 Å². The molecule has 1 rings (SSSR count). The van der Waals surface area contributed by atoms with Crippen molar-refractivity contribution in [2.75, 3.05) is 0 Å². The lowest BCUT2D eigenvalue weighted by Gasteiger charge is -2.15. The van der Waals surface area contributed by atoms with Gasteiger partial charge in [0.2, 0.25) is 5.91 Å². The molecule has 0 aliphatic rings. The summed E-state index contributed by atoms with van der Waals surface area (Å²) in [6.07, 6.45) is 0. The topological polar surface area (TPSA) is 55.1 Å². The van der Waals surface area contributed by atoms with Crippen LogP contribution in [0.15, 0.2) is 18.2 Å². The average molecular weight is 275 g/mol. The Bertz CT molecular complexity index is 407. The summed E-state index contributed by atoms with van der Waals surface area (Å²) in [6, 6.07) is 4.76. The summed E-state index contributed by atoms with van der Waals surface area (Å²) in [5.41, 5.74) is 6.61. The minimum Gasteiger partial charge on any atom is -0.351 e. The van der Waals surface area contributed by atoms with E-state index >= 15 is 0 Å². The van der Waals surface area contributed by atoms with Gasteiger partial charge in [-0.3, -0.25) is 4.79 Å². The van der Waals surface area contributed by atoms with Crippen molar-refractivity contribution in [2.24, 2.45) is 11.7 Å². The molecule has 0 aliphatic heterocycles. The zero-order chi connectivity index (χ0) is 13.0. The van der Waals surface area contributed by atoms with Crippen molar-refractivity contribution in [1.29, 1.82) is 0 Å². The standard InChI is InChI=1S/C12H16Cl2N2O/c1-7(2)11(15)12(17)16-6-8-3-4-9(13)10(14)5-8/h3-5,7,11H,6,15H2,1-2H3,(H,16,17). The molecule has 1 unspecified atom stereocenters. The Labute approximate surface area is 111 Å². The molecule has 17 heavy (non-hydrogen) atoms. The normalized spacial score (nSPS) is 12.6. The zero-order valence-corrected chi connectivity index (χ0v) is 11.3. The molecule has 0 saturated carbocycles. The number of hydrogen-bond acceptors (Lipinski definition) is 2. The van der Waals surface area contributed by atoms with Crippen LogP contribution in [-0.2, 0) is 11.3 Å². The molecule has 1 aromatic rings. The smallest absolute Gasteiger partial charge is 0.237 e. The third kappa shape index (κ3) is 4.19. The molecule has 0 radical (unpaired) electrons. The first-order valence-electron chi connectivity index (χ1n) is 5.39. The highest BCUT2D eigenvalue weighted by Gasteiger charge is 2.16. The lowest BCUT2D eigenvalue weighted by Crippen LogP contribution is -2.43. The predicted octanol–water partition coefficient (Wildman–Crippen LogP) is 2.59. The van der Waals surface area contributed by atoms with Crippen molar-refractivity contribution in [3.05, 3.63) is 33.8 Å². The van der Waals surface area contributed by atoms with E-state index in [1.807, 2.05) is 19.9 Å². The number of carbonyl (C=O) groups is 1. The molecule has 0 saturated heterocycles. The summed E-state index contributed by atoms with van der Waals surface area (Å²) in [5.74, 6) is -0.0464. The van der Waals surface area contributed by atoms with Crippen molar-refractivity contribution >= 4 is 29.1 Å². The summed E-state index contributed by atoms with van der Waals surface area (Å²) in [4.78, 5) is 11.6. The molecule has 3 nitrogen and oxygen atoms in total. The Balaban J connectivity index is 2.56. The van der Waals surface area contributed by atoms with Gasteiger partial charge in [-0.25, -0.2) is 0 Å². The van der Waals surface area contributed by atoms with E-state index in [4.69, 9.17) is 28.9 Å². The predicted molar refractivity (Wildman–Crippen MR) is 71.1 cm³/mol. The molecule has 0 aromatic heterocycles. The molecular formula is C12H16Cl2N2O. The van der Waals surface area contributed by atoms with Crippen molar-refractivity contribution in [3.8, 4) is 0 Å². The maximum Gasteiger partial charge on any atom is 0.237 e. The van der Waals surface area contributed by atoms with Crippen LogP contribution in [0.3, 0.4) is 0 Å². The van der Waals surface area contributed by atoms with E-state index < -0.39 is 6.04 Å². The Morgan fingerprint density at radius 2 is 2.00 bits per heavy atom. The molecule has 5 heteroatoms. The second kappa shape index (κ2) is 6.24. The number of hydrogen-bond donors (Lipinski definition) is 2. The van der Waals surface area contributed by atoms with E-state index in [1.54, 1.807) is 12.1 Å². The molecule has 0 aliphatic carbocycles. The SMILES string of the molecule is CC(C)C(N)C(=O)NCc1ccc(Cl)c(Cl)c1. The van der Waals surface area contributed by atoms with Crippen molar-refractivity contribution < 1.29 is 4.79 Å². The lowest BCUT2D eigenvalue weighted by molar-refractivity contribution is -0.123. The second-order valence-electron chi connectivity index (χ2n) is 4.24. The Hall–Kier alpha value is -0.770. The van der Waals surface area contributed by atoms with E-state index in [9.17, 15) is 4.79 Å². The van der Waals surface area contributed by atoms with Crippen LogP contribution in [0.2, 0.25) is 10.0 Å². The highest BCUT2D eigenvalue weighted by Crippen LogP contribution is 2.22. The van der Waals surface area contributed by atoms with Crippen LogP contribution in [0.4, 0.5) is 0 Å². The molecule has 1 aromatic carbocycles. The highest BCUT2D eigenvalue weighted by atomic mass is 35.5. The van der Waals surface area contributed by atoms with E-state index in [2.05, 4.69) is 5.32 Å². The second-order valence-corrected chi connectivity index (χ2v) is 5.05. The number of halogens is 2. The van der Waals surface area contributed by atoms with Gasteiger partial charge in [0.1, 0.15) is 0 Å². The number of benzene rings is 1. The highest BCUT2D eigenvalue weighted by molar-refractivity contribution is 6.42. The van der Waals surface area contributed by atoms with Gasteiger partial charge in [0.15, 0.2) is 0 Å². The fourth-order valence-electron chi connectivity index (χ4n) is 1.26. The van der Waals surface area contributed by atoms with Gasteiger partial charge in [-0.2, -0.15) is 0 Å². The van der Waals surface area contributed by atoms with Crippen molar-refractivity contribution in [2.45, 2.75) is 26.4 Å². The third-order valence-corrected chi connectivity index (χ3v) is 3.21. The zero-order valence-electron chi connectivity index (χ0n) is 9.84. The summed E-state index contributed by atoms with van der Waals surface area (Å²) >= 11 is 11.7. The first kappa shape index (κ1) is 14.3. The van der Waals surface area contributed by atoms with E-state index in [0.717, 1.165) is 5.56 Å². The maximum absolute atomic E-state index is 11.6. The van der Waals surface area contributed by atoms with Gasteiger partial charge in [0.05, 0.1) is 16.1 Å². The van der Waals surface area contributed by atoms with E-state index in [1.165, 1.54) is 0 Å². The Morgan fingerprint density at radius 3 is 2.53 bits per heavy atom. The average Bonchev–Trinajstić information content (AvgIpc) is 2.29. The molecule has 3 N–H and O–H groups in total. The number of carbonyl (C=O) groups excluding carboxylic acids is 1. The minimum atomic E-state index is -0.488. The summed E-state index contributed by atoms with van der Waals surface area (Å²) < 4.78 is 0. The fraction of sp³-hybridized carbons (Fsp3) is 0.417. The van der Waals surface area contributed by atoms with Gasteiger partial charge >= 0.3 is 0 Å². The summed E-state index contributed by atoms with van der Waals surface area (Å²) in [7, 11) is 0. The van der Waals surface area contributed by atoms with Gasteiger partial charge < -0.3 is 11.1 Å². The van der Waals surface area contributed by atoms with Gasteiger partial charge in [-0.15, -0.1) is 0 Å². The summed E-state index contributed by atoms with van der Waals surface area (Å²) in [5, 5.41) is 3.74.